The van der Waals surface area contributed by atoms with Gasteiger partial charge in [-0.25, -0.2) is 0 Å². The normalized spacial score (nSPS) is 11.7. The lowest BCUT2D eigenvalue weighted by Crippen LogP contribution is -2.14. The molecule has 126 valence electrons. The molecule has 2 aromatic carbocycles. The van der Waals surface area contributed by atoms with Crippen molar-refractivity contribution in [1.29, 1.82) is 0 Å². The van der Waals surface area contributed by atoms with Gasteiger partial charge in [-0.1, -0.05) is 30.3 Å². The molecule has 6 N–H and O–H groups in total. The molecule has 0 aromatic heterocycles. The standard InChI is InChI=1S/C12H12N2O6S2.ClH/c13-9-6-8(7-4-2-1-3-5-7)10(14)12(22(18,19)20)11(9)21(15,16)17;/h1-6H,13-14H2,(H,15,16,17)(H,18,19,20);1H. The molecule has 0 saturated heterocycles. The van der Waals surface area contributed by atoms with Gasteiger partial charge in [-0.15, -0.1) is 12.4 Å². The van der Waals surface area contributed by atoms with E-state index in [4.69, 9.17) is 16.0 Å². The van der Waals surface area contributed by atoms with E-state index in [0.717, 1.165) is 6.07 Å². The van der Waals surface area contributed by atoms with Gasteiger partial charge in [-0.2, -0.15) is 16.8 Å². The number of nitrogen functional groups attached to an aromatic ring is 2. The van der Waals surface area contributed by atoms with Gasteiger partial charge in [0.15, 0.2) is 0 Å². The molecule has 0 aliphatic rings. The molecule has 0 amide bonds. The third kappa shape index (κ3) is 3.74. The lowest BCUT2D eigenvalue weighted by atomic mass is 10.0. The van der Waals surface area contributed by atoms with Crippen LogP contribution in [0.15, 0.2) is 46.2 Å². The fourth-order valence-corrected chi connectivity index (χ4v) is 4.13. The molecule has 0 radical (unpaired) electrons. The Balaban J connectivity index is 0.00000264. The summed E-state index contributed by atoms with van der Waals surface area (Å²) in [7, 11) is -10.1. The van der Waals surface area contributed by atoms with Crippen LogP contribution in [-0.4, -0.2) is 25.9 Å². The Morgan fingerprint density at radius 3 is 1.74 bits per heavy atom. The molecule has 11 heteroatoms. The monoisotopic (exact) mass is 380 g/mol. The molecular formula is C12H13ClN2O6S2. The lowest BCUT2D eigenvalue weighted by Gasteiger charge is -2.15. The quantitative estimate of drug-likeness (QED) is 0.459. The summed E-state index contributed by atoms with van der Waals surface area (Å²) in [6, 6.07) is 9.29. The number of nitrogens with two attached hydrogens (primary N) is 2. The summed E-state index contributed by atoms with van der Waals surface area (Å²) in [5, 5.41) is 0. The molecule has 0 saturated carbocycles. The lowest BCUT2D eigenvalue weighted by molar-refractivity contribution is 0.467. The van der Waals surface area contributed by atoms with E-state index in [1.165, 1.54) is 0 Å². The molecule has 2 aromatic rings. The van der Waals surface area contributed by atoms with E-state index in [1.807, 2.05) is 0 Å². The molecule has 0 spiro atoms. The first kappa shape index (κ1) is 19.2. The van der Waals surface area contributed by atoms with Crippen molar-refractivity contribution in [2.24, 2.45) is 0 Å². The van der Waals surface area contributed by atoms with Crippen molar-refractivity contribution in [3.63, 3.8) is 0 Å². The zero-order valence-electron chi connectivity index (χ0n) is 11.4. The second kappa shape index (κ2) is 6.34. The van der Waals surface area contributed by atoms with Crippen LogP contribution in [0.5, 0.6) is 0 Å². The Morgan fingerprint density at radius 2 is 1.30 bits per heavy atom. The average molecular weight is 381 g/mol. The Labute approximate surface area is 139 Å². The number of anilines is 2. The van der Waals surface area contributed by atoms with Crippen LogP contribution < -0.4 is 11.5 Å². The van der Waals surface area contributed by atoms with Crippen LogP contribution in [-0.2, 0) is 20.2 Å². The molecule has 0 aliphatic carbocycles. The van der Waals surface area contributed by atoms with E-state index < -0.39 is 41.4 Å². The topological polar surface area (TPSA) is 161 Å². The maximum Gasteiger partial charge on any atom is 0.298 e. The first-order valence-electron chi connectivity index (χ1n) is 5.76. The predicted molar refractivity (Wildman–Crippen MR) is 87.6 cm³/mol. The third-order valence-electron chi connectivity index (χ3n) is 2.90. The molecule has 23 heavy (non-hydrogen) atoms. The summed E-state index contributed by atoms with van der Waals surface area (Å²) >= 11 is 0. The van der Waals surface area contributed by atoms with Gasteiger partial charge in [0.05, 0.1) is 11.4 Å². The van der Waals surface area contributed by atoms with Crippen LogP contribution in [0.1, 0.15) is 0 Å². The number of rotatable bonds is 3. The first-order chi connectivity index (χ1) is 10.0. The molecule has 0 heterocycles. The number of halogens is 1. The summed E-state index contributed by atoms with van der Waals surface area (Å²) in [6.45, 7) is 0. The largest absolute Gasteiger partial charge is 0.398 e. The molecule has 8 nitrogen and oxygen atoms in total. The Morgan fingerprint density at radius 1 is 0.826 bits per heavy atom. The first-order valence-corrected chi connectivity index (χ1v) is 8.64. The fourth-order valence-electron chi connectivity index (χ4n) is 2.05. The van der Waals surface area contributed by atoms with Crippen LogP contribution >= 0.6 is 12.4 Å². The molecule has 0 unspecified atom stereocenters. The van der Waals surface area contributed by atoms with E-state index >= 15 is 0 Å². The van der Waals surface area contributed by atoms with E-state index in [0.29, 0.717) is 5.56 Å². The van der Waals surface area contributed by atoms with Crippen LogP contribution in [0, 0.1) is 0 Å². The minimum absolute atomic E-state index is 0. The van der Waals surface area contributed by atoms with E-state index in [1.54, 1.807) is 30.3 Å². The summed E-state index contributed by atoms with van der Waals surface area (Å²) < 4.78 is 64.2. The number of hydrogen-bond acceptors (Lipinski definition) is 6. The van der Waals surface area contributed by atoms with Gasteiger partial charge >= 0.3 is 0 Å². The minimum atomic E-state index is -5.04. The van der Waals surface area contributed by atoms with Crippen LogP contribution in [0.3, 0.4) is 0 Å². The SMILES string of the molecule is Cl.Nc1cc(-c2ccccc2)c(N)c(S(=O)(=O)O)c1S(=O)(=O)O. The highest BCUT2D eigenvalue weighted by Gasteiger charge is 2.31. The molecule has 0 fully saturated rings. The van der Waals surface area contributed by atoms with Crippen molar-refractivity contribution >= 4 is 44.0 Å². The maximum atomic E-state index is 11.5. The second-order valence-electron chi connectivity index (χ2n) is 4.40. The average Bonchev–Trinajstić information content (AvgIpc) is 2.39. The summed E-state index contributed by atoms with van der Waals surface area (Å²) in [5.41, 5.74) is 10.7. The van der Waals surface area contributed by atoms with Gasteiger partial charge in [-0.05, 0) is 11.6 Å². The number of benzene rings is 2. The minimum Gasteiger partial charge on any atom is -0.398 e. The fraction of sp³-hybridized carbons (Fsp3) is 0. The van der Waals surface area contributed by atoms with Crippen molar-refractivity contribution in [2.75, 3.05) is 11.5 Å². The van der Waals surface area contributed by atoms with Gasteiger partial charge in [0.25, 0.3) is 20.2 Å². The highest BCUT2D eigenvalue weighted by molar-refractivity contribution is 7.89. The summed E-state index contributed by atoms with van der Waals surface area (Å²) in [6.07, 6.45) is 0. The summed E-state index contributed by atoms with van der Waals surface area (Å²) in [5.74, 6) is 0. The van der Waals surface area contributed by atoms with Gasteiger partial charge in [0.2, 0.25) is 0 Å². The highest BCUT2D eigenvalue weighted by atomic mass is 35.5. The predicted octanol–water partition coefficient (Wildman–Crippen LogP) is 1.43. The second-order valence-corrected chi connectivity index (χ2v) is 7.12. The highest BCUT2D eigenvalue weighted by Crippen LogP contribution is 2.39. The van der Waals surface area contributed by atoms with Crippen LogP contribution in [0.25, 0.3) is 11.1 Å². The molecule has 0 bridgehead atoms. The van der Waals surface area contributed by atoms with Gasteiger partial charge < -0.3 is 11.5 Å². The van der Waals surface area contributed by atoms with E-state index in [9.17, 15) is 21.4 Å². The Kier molecular flexibility index (Phi) is 5.29. The van der Waals surface area contributed by atoms with E-state index in [-0.39, 0.29) is 18.0 Å². The van der Waals surface area contributed by atoms with Gasteiger partial charge in [0.1, 0.15) is 9.79 Å². The summed E-state index contributed by atoms with van der Waals surface area (Å²) in [4.78, 5) is -2.29. The molecular weight excluding hydrogens is 368 g/mol. The van der Waals surface area contributed by atoms with Gasteiger partial charge in [-0.3, -0.25) is 9.11 Å². The van der Waals surface area contributed by atoms with Crippen molar-refractivity contribution in [3.8, 4) is 11.1 Å². The molecule has 0 atom stereocenters. The smallest absolute Gasteiger partial charge is 0.298 e. The third-order valence-corrected chi connectivity index (χ3v) is 4.93. The van der Waals surface area contributed by atoms with Crippen LogP contribution in [0.2, 0.25) is 0 Å². The zero-order valence-corrected chi connectivity index (χ0v) is 13.8. The van der Waals surface area contributed by atoms with Crippen LogP contribution in [0.4, 0.5) is 11.4 Å². The van der Waals surface area contributed by atoms with Crippen molar-refractivity contribution in [3.05, 3.63) is 36.4 Å². The van der Waals surface area contributed by atoms with E-state index in [2.05, 4.69) is 0 Å². The molecule has 2 rings (SSSR count). The van der Waals surface area contributed by atoms with Crippen molar-refractivity contribution in [2.45, 2.75) is 9.79 Å². The van der Waals surface area contributed by atoms with Crippen molar-refractivity contribution in [1.82, 2.24) is 0 Å². The number of hydrogen-bond donors (Lipinski definition) is 4. The molecule has 0 aliphatic heterocycles. The zero-order chi connectivity index (χ0) is 16.7. The Bertz CT molecular complexity index is 943. The van der Waals surface area contributed by atoms with Gasteiger partial charge in [0, 0.05) is 5.56 Å². The van der Waals surface area contributed by atoms with Crippen molar-refractivity contribution < 1.29 is 25.9 Å². The maximum absolute atomic E-state index is 11.5. The Hall–Kier alpha value is -1.85.